The Morgan fingerprint density at radius 3 is 2.41 bits per heavy atom. The monoisotopic (exact) mass is 622 g/mol. The highest BCUT2D eigenvalue weighted by Gasteiger charge is 2.80. The van der Waals surface area contributed by atoms with Crippen LogP contribution in [0.25, 0.3) is 0 Å². The minimum Gasteiger partial charge on any atom is -0.463 e. The maximum Gasteiger partial charge on any atom is 0.302 e. The summed E-state index contributed by atoms with van der Waals surface area (Å²) in [4.78, 5) is 11.5. The minimum atomic E-state index is -1.28. The molecule has 15 atom stereocenters. The van der Waals surface area contributed by atoms with Crippen LogP contribution >= 0.6 is 0 Å². The number of carbonyl (C=O) groups is 1. The molecule has 0 amide bonds. The second kappa shape index (κ2) is 11.7. The number of carbonyl (C=O) groups excluding carboxylic acids is 1. The van der Waals surface area contributed by atoms with Crippen molar-refractivity contribution in [3.63, 3.8) is 0 Å². The summed E-state index contributed by atoms with van der Waals surface area (Å²) in [6.45, 7) is 13.0. The van der Waals surface area contributed by atoms with E-state index < -0.39 is 30.7 Å². The summed E-state index contributed by atoms with van der Waals surface area (Å²) >= 11 is 0. The molecule has 4 saturated carbocycles. The van der Waals surface area contributed by atoms with E-state index in [0.717, 1.165) is 51.4 Å². The molecule has 2 heterocycles. The summed E-state index contributed by atoms with van der Waals surface area (Å²) < 4.78 is 24.1. The van der Waals surface area contributed by atoms with Crippen LogP contribution < -0.4 is 0 Å². The largest absolute Gasteiger partial charge is 0.463 e. The first-order valence-electron chi connectivity index (χ1n) is 17.5. The number of ether oxygens (including phenoxy) is 4. The second-order valence-electron chi connectivity index (χ2n) is 16.5. The Labute approximate surface area is 263 Å². The molecule has 6 fully saturated rings. The van der Waals surface area contributed by atoms with Crippen molar-refractivity contribution < 1.29 is 44.2 Å². The second-order valence-corrected chi connectivity index (χ2v) is 16.5. The lowest BCUT2D eigenvalue weighted by Gasteiger charge is -2.61. The van der Waals surface area contributed by atoms with Gasteiger partial charge in [-0.3, -0.25) is 4.79 Å². The van der Waals surface area contributed by atoms with Gasteiger partial charge >= 0.3 is 5.97 Å². The number of rotatable bonds is 7. The normalized spacial score (nSPS) is 52.2. The molecule has 9 heteroatoms. The van der Waals surface area contributed by atoms with E-state index in [-0.39, 0.29) is 65.1 Å². The molecule has 2 spiro atoms. The van der Waals surface area contributed by atoms with Gasteiger partial charge < -0.3 is 39.4 Å². The molecule has 9 nitrogen and oxygen atoms in total. The Bertz CT molecular complexity index is 1070. The highest BCUT2D eigenvalue weighted by molar-refractivity contribution is 5.65. The van der Waals surface area contributed by atoms with E-state index in [4.69, 9.17) is 18.9 Å². The van der Waals surface area contributed by atoms with Gasteiger partial charge in [0.1, 0.15) is 24.9 Å². The molecule has 0 aromatic rings. The van der Waals surface area contributed by atoms with Crippen molar-refractivity contribution in [1.82, 2.24) is 0 Å². The van der Waals surface area contributed by atoms with Crippen molar-refractivity contribution in [3.05, 3.63) is 0 Å². The fourth-order valence-electron chi connectivity index (χ4n) is 11.9. The van der Waals surface area contributed by atoms with Gasteiger partial charge in [0.15, 0.2) is 6.29 Å². The van der Waals surface area contributed by atoms with Gasteiger partial charge in [-0.25, -0.2) is 0 Å². The smallest absolute Gasteiger partial charge is 0.302 e. The topological polar surface area (TPSA) is 135 Å². The molecule has 0 aromatic heterocycles. The molecule has 6 aliphatic rings. The average molecular weight is 623 g/mol. The van der Waals surface area contributed by atoms with E-state index >= 15 is 0 Å². The average Bonchev–Trinajstić information content (AvgIpc) is 3.64. The number of esters is 1. The van der Waals surface area contributed by atoms with Crippen molar-refractivity contribution in [2.24, 2.45) is 45.3 Å². The molecule has 44 heavy (non-hydrogen) atoms. The van der Waals surface area contributed by atoms with Gasteiger partial charge in [0.25, 0.3) is 0 Å². The molecular formula is C35H58O9. The molecule has 2 saturated heterocycles. The molecule has 2 aliphatic heterocycles. The summed E-state index contributed by atoms with van der Waals surface area (Å²) in [6, 6.07) is 0. The summed E-state index contributed by atoms with van der Waals surface area (Å²) in [5.74, 6) is 1.23. The maximum atomic E-state index is 12.4. The molecule has 0 aromatic carbocycles. The SMILES string of the molecule is CC[C@@H]1C([C@H](O)[C@]2(C)CCCC34CC35CC[C@H](OC3OC[C@@H](O)[C@H](O)[C@H]3O)C(C)(C)[C@@H]5CCC42)OC(COC(C)=O)C[C@H]1C. The fourth-order valence-corrected chi connectivity index (χ4v) is 11.9. The Morgan fingerprint density at radius 1 is 1.00 bits per heavy atom. The van der Waals surface area contributed by atoms with Gasteiger partial charge in [0, 0.05) is 6.92 Å². The zero-order valence-electron chi connectivity index (χ0n) is 27.7. The number of hydrogen-bond donors (Lipinski definition) is 4. The number of hydrogen-bond acceptors (Lipinski definition) is 9. The van der Waals surface area contributed by atoms with Crippen molar-refractivity contribution in [2.45, 2.75) is 155 Å². The third-order valence-corrected chi connectivity index (χ3v) is 14.1. The summed E-state index contributed by atoms with van der Waals surface area (Å²) in [5, 5.41) is 43.1. The fraction of sp³-hybridized carbons (Fsp3) is 0.971. The third kappa shape index (κ3) is 5.01. The highest BCUT2D eigenvalue weighted by atomic mass is 16.7. The highest BCUT2D eigenvalue weighted by Crippen LogP contribution is 2.86. The van der Waals surface area contributed by atoms with Gasteiger partial charge in [-0.2, -0.15) is 0 Å². The van der Waals surface area contributed by atoms with Gasteiger partial charge in [-0.05, 0) is 96.7 Å². The predicted molar refractivity (Wildman–Crippen MR) is 162 cm³/mol. The van der Waals surface area contributed by atoms with Crippen LogP contribution in [0.2, 0.25) is 0 Å². The predicted octanol–water partition coefficient (Wildman–Crippen LogP) is 3.97. The standard InChI is InChI=1S/C35H58O9/c1-7-22-19(2)15-21(16-41-20(3)36)43-29(22)30(40)33(6)12-8-13-34-18-35(34)14-11-26(32(4,5)24(35)9-10-25(33)34)44-31-28(39)27(38)23(37)17-42-31/h19,21-31,37-40H,7-18H2,1-6H3/t19-,21?,22+,23-,24+,25?,26+,27+,28-,29?,30+,31?,33-,34?,35?/m1/s1. The Hall–Kier alpha value is -0.810. The molecular weight excluding hydrogens is 564 g/mol. The molecule has 6 rings (SSSR count). The van der Waals surface area contributed by atoms with Crippen molar-refractivity contribution >= 4 is 5.97 Å². The van der Waals surface area contributed by atoms with Crippen molar-refractivity contribution in [2.75, 3.05) is 13.2 Å². The van der Waals surface area contributed by atoms with Crippen LogP contribution in [0.1, 0.15) is 106 Å². The van der Waals surface area contributed by atoms with Crippen LogP contribution in [0, 0.1) is 45.3 Å². The van der Waals surface area contributed by atoms with Gasteiger partial charge in [-0.15, -0.1) is 0 Å². The Balaban J connectivity index is 1.20. The first-order valence-corrected chi connectivity index (χ1v) is 17.5. The van der Waals surface area contributed by atoms with Gasteiger partial charge in [-0.1, -0.05) is 47.5 Å². The lowest BCUT2D eigenvalue weighted by Crippen LogP contribution is -2.61. The molecule has 4 N–H and O–H groups in total. The maximum absolute atomic E-state index is 12.4. The van der Waals surface area contributed by atoms with Gasteiger partial charge in [0.05, 0.1) is 31.0 Å². The van der Waals surface area contributed by atoms with Crippen LogP contribution in [0.3, 0.4) is 0 Å². The van der Waals surface area contributed by atoms with Crippen LogP contribution in [-0.2, 0) is 23.7 Å². The van der Waals surface area contributed by atoms with E-state index in [1.165, 1.54) is 19.8 Å². The summed E-state index contributed by atoms with van der Waals surface area (Å²) in [5.41, 5.74) is 0.0440. The zero-order valence-corrected chi connectivity index (χ0v) is 27.7. The molecule has 0 bridgehead atoms. The van der Waals surface area contributed by atoms with Crippen LogP contribution in [0.5, 0.6) is 0 Å². The summed E-state index contributed by atoms with van der Waals surface area (Å²) in [6.07, 6.45) is 4.61. The van der Waals surface area contributed by atoms with E-state index in [2.05, 4.69) is 34.6 Å². The number of aliphatic hydroxyl groups excluding tert-OH is 4. The molecule has 6 unspecified atom stereocenters. The molecule has 4 aliphatic carbocycles. The zero-order chi connectivity index (χ0) is 31.8. The lowest BCUT2D eigenvalue weighted by atomic mass is 9.45. The first-order chi connectivity index (χ1) is 20.7. The van der Waals surface area contributed by atoms with Crippen molar-refractivity contribution in [3.8, 4) is 0 Å². The van der Waals surface area contributed by atoms with Gasteiger partial charge in [0.2, 0.25) is 0 Å². The van der Waals surface area contributed by atoms with Crippen LogP contribution in [0.15, 0.2) is 0 Å². The van der Waals surface area contributed by atoms with E-state index in [9.17, 15) is 25.2 Å². The van der Waals surface area contributed by atoms with E-state index in [1.807, 2.05) is 0 Å². The molecule has 252 valence electrons. The third-order valence-electron chi connectivity index (χ3n) is 14.1. The quantitative estimate of drug-likeness (QED) is 0.246. The minimum absolute atomic E-state index is 0.0536. The van der Waals surface area contributed by atoms with E-state index in [1.54, 1.807) is 0 Å². The van der Waals surface area contributed by atoms with Crippen LogP contribution in [0.4, 0.5) is 0 Å². The lowest BCUT2D eigenvalue weighted by molar-refractivity contribution is -0.302. The van der Waals surface area contributed by atoms with Crippen molar-refractivity contribution in [1.29, 1.82) is 0 Å². The Morgan fingerprint density at radius 2 is 1.70 bits per heavy atom. The summed E-state index contributed by atoms with van der Waals surface area (Å²) in [7, 11) is 0. The first kappa shape index (κ1) is 33.1. The van der Waals surface area contributed by atoms with Crippen LogP contribution in [-0.4, -0.2) is 88.6 Å². The Kier molecular flexibility index (Phi) is 8.81. The molecule has 0 radical (unpaired) electrons. The number of aliphatic hydroxyl groups is 4. The van der Waals surface area contributed by atoms with E-state index in [0.29, 0.717) is 17.8 Å².